The zero-order valence-corrected chi connectivity index (χ0v) is 12.2. The maximum Gasteiger partial charge on any atom is 0.270 e. The van der Waals surface area contributed by atoms with E-state index in [0.717, 1.165) is 31.4 Å². The molecule has 110 valence electrons. The van der Waals surface area contributed by atoms with E-state index >= 15 is 0 Å². The molecule has 1 saturated carbocycles. The number of carbonyl (C=O) groups excluding carboxylic acids is 1. The van der Waals surface area contributed by atoms with Crippen LogP contribution < -0.4 is 5.32 Å². The topological polar surface area (TPSA) is 80.9 Å². The predicted octanol–water partition coefficient (Wildman–Crippen LogP) is 2.28. The van der Waals surface area contributed by atoms with Crippen LogP contribution in [0.1, 0.15) is 53.6 Å². The number of hydrogen-bond acceptors (Lipinski definition) is 5. The summed E-state index contributed by atoms with van der Waals surface area (Å²) < 4.78 is 5.08. The Balaban J connectivity index is 1.87. The lowest BCUT2D eigenvalue weighted by Gasteiger charge is -2.26. The standard InChI is InChI=1S/C15H18N4O2/c1-10-6-5-7-12(16-10)13(20)18-15(8-3-4-9-15)14-17-11(2)21-19-14/h5-7H,3-4,8-9H2,1-2H3,(H,18,20). The second-order valence-electron chi connectivity index (χ2n) is 5.54. The van der Waals surface area contributed by atoms with Crippen LogP contribution in [0.2, 0.25) is 0 Å². The van der Waals surface area contributed by atoms with Crippen molar-refractivity contribution in [2.24, 2.45) is 0 Å². The van der Waals surface area contributed by atoms with E-state index in [2.05, 4.69) is 20.4 Å². The molecule has 0 aliphatic heterocycles. The minimum Gasteiger partial charge on any atom is -0.340 e. The molecule has 2 heterocycles. The van der Waals surface area contributed by atoms with Crippen LogP contribution in [0, 0.1) is 13.8 Å². The van der Waals surface area contributed by atoms with Gasteiger partial charge in [0, 0.05) is 12.6 Å². The van der Waals surface area contributed by atoms with Crippen LogP contribution in [0.15, 0.2) is 22.7 Å². The molecular weight excluding hydrogens is 268 g/mol. The van der Waals surface area contributed by atoms with Gasteiger partial charge in [-0.1, -0.05) is 24.1 Å². The Morgan fingerprint density at radius 2 is 2.00 bits per heavy atom. The van der Waals surface area contributed by atoms with Crippen molar-refractivity contribution in [1.29, 1.82) is 0 Å². The lowest BCUT2D eigenvalue weighted by Crippen LogP contribution is -2.45. The maximum absolute atomic E-state index is 12.5. The number of carbonyl (C=O) groups is 1. The van der Waals surface area contributed by atoms with Gasteiger partial charge < -0.3 is 9.84 Å². The molecule has 1 aliphatic rings. The third kappa shape index (κ3) is 2.66. The molecule has 6 nitrogen and oxygen atoms in total. The average molecular weight is 286 g/mol. The summed E-state index contributed by atoms with van der Waals surface area (Å²) in [6.07, 6.45) is 3.72. The number of nitrogens with zero attached hydrogens (tertiary/aromatic N) is 3. The Morgan fingerprint density at radius 1 is 1.24 bits per heavy atom. The van der Waals surface area contributed by atoms with E-state index in [1.165, 1.54) is 0 Å². The van der Waals surface area contributed by atoms with Gasteiger partial charge in [-0.3, -0.25) is 4.79 Å². The molecule has 0 radical (unpaired) electrons. The fraction of sp³-hybridized carbons (Fsp3) is 0.467. The smallest absolute Gasteiger partial charge is 0.270 e. The summed E-state index contributed by atoms with van der Waals surface area (Å²) >= 11 is 0. The average Bonchev–Trinajstić information content (AvgIpc) is 3.09. The van der Waals surface area contributed by atoms with Crippen molar-refractivity contribution in [2.75, 3.05) is 0 Å². The highest BCUT2D eigenvalue weighted by molar-refractivity contribution is 5.92. The SMILES string of the molecule is Cc1cccc(C(=O)NC2(c3noc(C)n3)CCCC2)n1. The highest BCUT2D eigenvalue weighted by Crippen LogP contribution is 2.37. The zero-order valence-electron chi connectivity index (χ0n) is 12.2. The van der Waals surface area contributed by atoms with Gasteiger partial charge in [-0.25, -0.2) is 4.98 Å². The summed E-state index contributed by atoms with van der Waals surface area (Å²) in [6.45, 7) is 3.62. The summed E-state index contributed by atoms with van der Waals surface area (Å²) in [7, 11) is 0. The molecule has 1 fully saturated rings. The third-order valence-corrected chi connectivity index (χ3v) is 3.89. The second kappa shape index (κ2) is 5.27. The van der Waals surface area contributed by atoms with Crippen molar-refractivity contribution in [1.82, 2.24) is 20.4 Å². The molecular formula is C15H18N4O2. The summed E-state index contributed by atoms with van der Waals surface area (Å²) in [5, 5.41) is 7.09. The van der Waals surface area contributed by atoms with E-state index in [4.69, 9.17) is 4.52 Å². The van der Waals surface area contributed by atoms with E-state index in [-0.39, 0.29) is 5.91 Å². The highest BCUT2D eigenvalue weighted by atomic mass is 16.5. The molecule has 21 heavy (non-hydrogen) atoms. The summed E-state index contributed by atoms with van der Waals surface area (Å²) in [6, 6.07) is 5.41. The lowest BCUT2D eigenvalue weighted by atomic mass is 9.96. The normalized spacial score (nSPS) is 16.9. The Bertz CT molecular complexity index is 659. The van der Waals surface area contributed by atoms with Gasteiger partial charge in [0.05, 0.1) is 0 Å². The number of rotatable bonds is 3. The minimum absolute atomic E-state index is 0.192. The first-order valence-corrected chi connectivity index (χ1v) is 7.16. The molecule has 0 saturated heterocycles. The number of pyridine rings is 1. The van der Waals surface area contributed by atoms with Crippen LogP contribution >= 0.6 is 0 Å². The monoisotopic (exact) mass is 286 g/mol. The molecule has 2 aromatic heterocycles. The maximum atomic E-state index is 12.5. The fourth-order valence-electron chi connectivity index (χ4n) is 2.83. The first-order valence-electron chi connectivity index (χ1n) is 7.16. The minimum atomic E-state index is -0.528. The van der Waals surface area contributed by atoms with Gasteiger partial charge in [-0.05, 0) is 31.9 Å². The van der Waals surface area contributed by atoms with Crippen molar-refractivity contribution in [2.45, 2.75) is 45.1 Å². The third-order valence-electron chi connectivity index (χ3n) is 3.89. The van der Waals surface area contributed by atoms with Crippen molar-refractivity contribution in [3.63, 3.8) is 0 Å². The molecule has 0 aromatic carbocycles. The first-order chi connectivity index (χ1) is 10.1. The molecule has 1 amide bonds. The van der Waals surface area contributed by atoms with Gasteiger partial charge in [0.15, 0.2) is 5.82 Å². The van der Waals surface area contributed by atoms with Crippen LogP contribution in [0.5, 0.6) is 0 Å². The molecule has 0 bridgehead atoms. The van der Waals surface area contributed by atoms with Crippen molar-refractivity contribution in [3.8, 4) is 0 Å². The molecule has 1 N–H and O–H groups in total. The molecule has 0 atom stereocenters. The quantitative estimate of drug-likeness (QED) is 0.936. The zero-order chi connectivity index (χ0) is 14.9. The lowest BCUT2D eigenvalue weighted by molar-refractivity contribution is 0.0886. The van der Waals surface area contributed by atoms with E-state index in [1.54, 1.807) is 13.0 Å². The molecule has 2 aromatic rings. The van der Waals surface area contributed by atoms with E-state index in [0.29, 0.717) is 17.4 Å². The fourth-order valence-corrected chi connectivity index (χ4v) is 2.83. The Hall–Kier alpha value is -2.24. The molecule has 0 unspecified atom stereocenters. The Labute approximate surface area is 123 Å². The van der Waals surface area contributed by atoms with Crippen molar-refractivity contribution in [3.05, 3.63) is 41.3 Å². The van der Waals surface area contributed by atoms with Gasteiger partial charge in [-0.2, -0.15) is 4.98 Å². The van der Waals surface area contributed by atoms with Crippen LogP contribution in [0.3, 0.4) is 0 Å². The number of aryl methyl sites for hydroxylation is 2. The Kier molecular flexibility index (Phi) is 3.45. The van der Waals surface area contributed by atoms with Crippen molar-refractivity contribution < 1.29 is 9.32 Å². The van der Waals surface area contributed by atoms with Crippen LogP contribution in [0.25, 0.3) is 0 Å². The molecule has 1 aliphatic carbocycles. The highest BCUT2D eigenvalue weighted by Gasteiger charge is 2.41. The van der Waals surface area contributed by atoms with Gasteiger partial charge in [-0.15, -0.1) is 0 Å². The summed E-state index contributed by atoms with van der Waals surface area (Å²) in [5.74, 6) is 0.890. The number of hydrogen-bond donors (Lipinski definition) is 1. The van der Waals surface area contributed by atoms with Gasteiger partial charge in [0.2, 0.25) is 5.89 Å². The largest absolute Gasteiger partial charge is 0.340 e. The Morgan fingerprint density at radius 3 is 2.62 bits per heavy atom. The number of nitrogens with one attached hydrogen (secondary N) is 1. The molecule has 0 spiro atoms. The van der Waals surface area contributed by atoms with E-state index in [9.17, 15) is 4.79 Å². The molecule has 6 heteroatoms. The van der Waals surface area contributed by atoms with Crippen molar-refractivity contribution >= 4 is 5.91 Å². The molecule has 3 rings (SSSR count). The van der Waals surface area contributed by atoms with Crippen LogP contribution in [0.4, 0.5) is 0 Å². The predicted molar refractivity (Wildman–Crippen MR) is 75.6 cm³/mol. The van der Waals surface area contributed by atoms with Gasteiger partial charge in [0.1, 0.15) is 11.2 Å². The summed E-state index contributed by atoms with van der Waals surface area (Å²) in [4.78, 5) is 21.1. The number of amides is 1. The summed E-state index contributed by atoms with van der Waals surface area (Å²) in [5.41, 5.74) is 0.709. The van der Waals surface area contributed by atoms with E-state index in [1.807, 2.05) is 19.1 Å². The van der Waals surface area contributed by atoms with Crippen LogP contribution in [-0.2, 0) is 5.54 Å². The van der Waals surface area contributed by atoms with Gasteiger partial charge >= 0.3 is 0 Å². The van der Waals surface area contributed by atoms with Crippen LogP contribution in [-0.4, -0.2) is 21.0 Å². The second-order valence-corrected chi connectivity index (χ2v) is 5.54. The first kappa shape index (κ1) is 13.7. The number of aromatic nitrogens is 3. The van der Waals surface area contributed by atoms with E-state index < -0.39 is 5.54 Å². The van der Waals surface area contributed by atoms with Gasteiger partial charge in [0.25, 0.3) is 5.91 Å².